The Morgan fingerprint density at radius 2 is 1.75 bits per heavy atom. The Bertz CT molecular complexity index is 378. The highest BCUT2D eigenvalue weighted by Crippen LogP contribution is 2.10. The van der Waals surface area contributed by atoms with Crippen LogP contribution in [-0.2, 0) is 4.79 Å². The maximum Gasteiger partial charge on any atom is 0.243 e. The summed E-state index contributed by atoms with van der Waals surface area (Å²) < 4.78 is 0. The molecule has 6 nitrogen and oxygen atoms in total. The van der Waals surface area contributed by atoms with Crippen LogP contribution in [-0.4, -0.2) is 26.9 Å². The van der Waals surface area contributed by atoms with E-state index in [1.54, 1.807) is 0 Å². The van der Waals surface area contributed by atoms with Crippen LogP contribution in [0, 0.1) is 5.92 Å². The second kappa shape index (κ2) is 5.38. The predicted molar refractivity (Wildman–Crippen MR) is 61.3 cm³/mol. The van der Waals surface area contributed by atoms with Crippen LogP contribution in [0.5, 0.6) is 0 Å². The highest BCUT2D eigenvalue weighted by Gasteiger charge is 2.18. The van der Waals surface area contributed by atoms with E-state index >= 15 is 0 Å². The van der Waals surface area contributed by atoms with Crippen LogP contribution in [0.1, 0.15) is 13.8 Å². The number of nitrogens with zero attached hydrogens (tertiary/aromatic N) is 3. The molecular formula is C8H11Cl2N5O. The van der Waals surface area contributed by atoms with Gasteiger partial charge in [0.05, 0.1) is 6.04 Å². The summed E-state index contributed by atoms with van der Waals surface area (Å²) in [5, 5.41) is 2.23. The fraction of sp³-hybridized carbons (Fsp3) is 0.500. The van der Waals surface area contributed by atoms with E-state index < -0.39 is 11.9 Å². The Morgan fingerprint density at radius 1 is 1.25 bits per heavy atom. The summed E-state index contributed by atoms with van der Waals surface area (Å²) in [4.78, 5) is 22.5. The van der Waals surface area contributed by atoms with Crippen molar-refractivity contribution in [1.82, 2.24) is 15.0 Å². The van der Waals surface area contributed by atoms with Crippen molar-refractivity contribution >= 4 is 35.1 Å². The number of hydrogen-bond acceptors (Lipinski definition) is 5. The summed E-state index contributed by atoms with van der Waals surface area (Å²) in [6.45, 7) is 3.66. The molecule has 0 aliphatic carbocycles. The number of carbonyl (C=O) groups excluding carboxylic acids is 1. The first-order valence-electron chi connectivity index (χ1n) is 4.53. The molecule has 0 aliphatic heterocycles. The van der Waals surface area contributed by atoms with Crippen molar-refractivity contribution in [3.63, 3.8) is 0 Å². The Kier molecular flexibility index (Phi) is 4.40. The van der Waals surface area contributed by atoms with Gasteiger partial charge in [-0.05, 0) is 29.1 Å². The fourth-order valence-electron chi connectivity index (χ4n) is 0.878. The van der Waals surface area contributed by atoms with Crippen LogP contribution < -0.4 is 11.1 Å². The van der Waals surface area contributed by atoms with E-state index in [2.05, 4.69) is 20.3 Å². The van der Waals surface area contributed by atoms with Gasteiger partial charge < -0.3 is 5.73 Å². The van der Waals surface area contributed by atoms with Gasteiger partial charge >= 0.3 is 0 Å². The van der Waals surface area contributed by atoms with Crippen molar-refractivity contribution in [1.29, 1.82) is 0 Å². The van der Waals surface area contributed by atoms with Gasteiger partial charge in [0.15, 0.2) is 0 Å². The summed E-state index contributed by atoms with van der Waals surface area (Å²) in [7, 11) is 0. The van der Waals surface area contributed by atoms with Gasteiger partial charge in [-0.3, -0.25) is 10.1 Å². The molecule has 0 bridgehead atoms. The third-order valence-corrected chi connectivity index (χ3v) is 2.17. The Balaban J connectivity index is 2.77. The molecule has 1 aromatic rings. The Hall–Kier alpha value is -0.980. The zero-order chi connectivity index (χ0) is 12.3. The molecular weight excluding hydrogens is 253 g/mol. The highest BCUT2D eigenvalue weighted by molar-refractivity contribution is 6.31. The molecule has 0 aromatic carbocycles. The zero-order valence-corrected chi connectivity index (χ0v) is 10.2. The summed E-state index contributed by atoms with van der Waals surface area (Å²) in [5.41, 5.74) is 5.63. The molecule has 0 aliphatic rings. The van der Waals surface area contributed by atoms with E-state index in [-0.39, 0.29) is 22.4 Å². The van der Waals surface area contributed by atoms with Gasteiger partial charge in [-0.15, -0.1) is 0 Å². The summed E-state index contributed by atoms with van der Waals surface area (Å²) in [6, 6.07) is -0.644. The molecule has 0 fully saturated rings. The van der Waals surface area contributed by atoms with Crippen LogP contribution in [0.15, 0.2) is 0 Å². The smallest absolute Gasteiger partial charge is 0.243 e. The molecule has 8 heteroatoms. The quantitative estimate of drug-likeness (QED) is 0.852. The van der Waals surface area contributed by atoms with Gasteiger partial charge in [0.2, 0.25) is 22.4 Å². The van der Waals surface area contributed by atoms with E-state index in [0.29, 0.717) is 0 Å². The molecule has 3 N–H and O–H groups in total. The minimum absolute atomic E-state index is 0.00720. The van der Waals surface area contributed by atoms with Crippen molar-refractivity contribution in [3.05, 3.63) is 10.6 Å². The van der Waals surface area contributed by atoms with Gasteiger partial charge in [0.25, 0.3) is 0 Å². The lowest BCUT2D eigenvalue weighted by Gasteiger charge is -2.14. The standard InChI is InChI=1S/C8H11Cl2N5O/c1-3(2)4(11)5(16)12-8-14-6(9)13-7(10)15-8/h3-4H,11H2,1-2H3,(H,12,13,14,15,16)/t4-/m0/s1. The van der Waals surface area contributed by atoms with Gasteiger partial charge in [0.1, 0.15) is 0 Å². The van der Waals surface area contributed by atoms with E-state index in [9.17, 15) is 4.79 Å². The Morgan fingerprint density at radius 3 is 2.19 bits per heavy atom. The van der Waals surface area contributed by atoms with Crippen molar-refractivity contribution < 1.29 is 4.79 Å². The maximum absolute atomic E-state index is 11.6. The molecule has 0 radical (unpaired) electrons. The maximum atomic E-state index is 11.6. The van der Waals surface area contributed by atoms with Crippen LogP contribution in [0.25, 0.3) is 0 Å². The van der Waals surface area contributed by atoms with E-state index in [1.807, 2.05) is 13.8 Å². The molecule has 1 heterocycles. The minimum atomic E-state index is -0.644. The highest BCUT2D eigenvalue weighted by atomic mass is 35.5. The fourth-order valence-corrected chi connectivity index (χ4v) is 1.24. The van der Waals surface area contributed by atoms with Crippen molar-refractivity contribution in [2.75, 3.05) is 5.32 Å². The number of nitrogens with two attached hydrogens (primary N) is 1. The lowest BCUT2D eigenvalue weighted by atomic mass is 10.1. The average Bonchev–Trinajstić information content (AvgIpc) is 2.14. The van der Waals surface area contributed by atoms with E-state index in [1.165, 1.54) is 0 Å². The monoisotopic (exact) mass is 263 g/mol. The van der Waals surface area contributed by atoms with Gasteiger partial charge in [-0.2, -0.15) is 15.0 Å². The normalized spacial score (nSPS) is 12.6. The molecule has 0 saturated carbocycles. The van der Waals surface area contributed by atoms with Crippen molar-refractivity contribution in [2.45, 2.75) is 19.9 Å². The minimum Gasteiger partial charge on any atom is -0.320 e. The number of nitrogens with one attached hydrogen (secondary N) is 1. The topological polar surface area (TPSA) is 93.8 Å². The lowest BCUT2D eigenvalue weighted by Crippen LogP contribution is -2.40. The summed E-state index contributed by atoms with van der Waals surface area (Å²) >= 11 is 11.1. The first-order chi connectivity index (χ1) is 7.40. The summed E-state index contributed by atoms with van der Waals surface area (Å²) in [5.74, 6) is -0.396. The number of anilines is 1. The predicted octanol–water partition coefficient (Wildman–Crippen LogP) is 1.10. The van der Waals surface area contributed by atoms with E-state index in [4.69, 9.17) is 28.9 Å². The number of carbonyl (C=O) groups is 1. The van der Waals surface area contributed by atoms with Crippen LogP contribution in [0.3, 0.4) is 0 Å². The average molecular weight is 264 g/mol. The number of amides is 1. The van der Waals surface area contributed by atoms with Crippen LogP contribution >= 0.6 is 23.2 Å². The first-order valence-corrected chi connectivity index (χ1v) is 5.29. The van der Waals surface area contributed by atoms with Crippen LogP contribution in [0.4, 0.5) is 5.95 Å². The SMILES string of the molecule is CC(C)[C@H](N)C(=O)Nc1nc(Cl)nc(Cl)n1. The van der Waals surface area contributed by atoms with Crippen LogP contribution in [0.2, 0.25) is 10.6 Å². The molecule has 16 heavy (non-hydrogen) atoms. The summed E-state index contributed by atoms with van der Waals surface area (Å²) in [6.07, 6.45) is 0. The Labute approximate surface area is 103 Å². The molecule has 0 unspecified atom stereocenters. The van der Waals surface area contributed by atoms with Gasteiger partial charge in [0, 0.05) is 0 Å². The van der Waals surface area contributed by atoms with Gasteiger partial charge in [-0.1, -0.05) is 13.8 Å². The van der Waals surface area contributed by atoms with E-state index in [0.717, 1.165) is 0 Å². The number of hydrogen-bond donors (Lipinski definition) is 2. The van der Waals surface area contributed by atoms with Crippen molar-refractivity contribution in [3.8, 4) is 0 Å². The molecule has 1 rings (SSSR count). The molecule has 1 aromatic heterocycles. The second-order valence-electron chi connectivity index (χ2n) is 3.46. The number of halogens is 2. The lowest BCUT2D eigenvalue weighted by molar-refractivity contribution is -0.118. The first kappa shape index (κ1) is 13.1. The van der Waals surface area contributed by atoms with Gasteiger partial charge in [-0.25, -0.2) is 0 Å². The molecule has 0 saturated heterocycles. The number of aromatic nitrogens is 3. The molecule has 1 atom stereocenters. The molecule has 88 valence electrons. The zero-order valence-electron chi connectivity index (χ0n) is 8.74. The third-order valence-electron chi connectivity index (χ3n) is 1.84. The molecule has 0 spiro atoms. The second-order valence-corrected chi connectivity index (χ2v) is 4.13. The van der Waals surface area contributed by atoms with Crippen molar-refractivity contribution in [2.24, 2.45) is 11.7 Å². The largest absolute Gasteiger partial charge is 0.320 e. The molecule has 1 amide bonds. The third kappa shape index (κ3) is 3.55. The number of rotatable bonds is 3.